The minimum absolute atomic E-state index is 0.878. The maximum atomic E-state index is 6.69. The molecule has 0 N–H and O–H groups in total. The molecule has 0 bridgehead atoms. The summed E-state index contributed by atoms with van der Waals surface area (Å²) in [6.07, 6.45) is 0. The van der Waals surface area contributed by atoms with Gasteiger partial charge in [-0.15, -0.1) is 11.3 Å². The van der Waals surface area contributed by atoms with Gasteiger partial charge >= 0.3 is 0 Å². The number of rotatable bonds is 6. The van der Waals surface area contributed by atoms with Gasteiger partial charge in [-0.3, -0.25) is 0 Å². The summed E-state index contributed by atoms with van der Waals surface area (Å²) >= 11 is 1.85. The molecule has 58 heavy (non-hydrogen) atoms. The number of nitrogens with zero attached hydrogens (tertiary/aromatic N) is 2. The fourth-order valence-electron chi connectivity index (χ4n) is 9.06. The summed E-state index contributed by atoms with van der Waals surface area (Å²) in [4.78, 5) is 2.40. The number of hydrogen-bond donors (Lipinski definition) is 0. The molecule has 0 saturated heterocycles. The van der Waals surface area contributed by atoms with Gasteiger partial charge in [0.05, 0.1) is 16.7 Å². The van der Waals surface area contributed by atoms with E-state index in [2.05, 4.69) is 216 Å². The maximum Gasteiger partial charge on any atom is 0.138 e. The van der Waals surface area contributed by atoms with E-state index in [4.69, 9.17) is 4.42 Å². The first-order chi connectivity index (χ1) is 28.8. The Morgan fingerprint density at radius 2 is 1.02 bits per heavy atom. The summed E-state index contributed by atoms with van der Waals surface area (Å²) in [7, 11) is 0. The maximum absolute atomic E-state index is 6.69. The number of fused-ring (bicyclic) bond motifs is 9. The first-order valence-electron chi connectivity index (χ1n) is 19.7. The van der Waals surface area contributed by atoms with Crippen LogP contribution in [0.5, 0.6) is 0 Å². The van der Waals surface area contributed by atoms with E-state index in [1.807, 2.05) is 11.3 Å². The Bertz CT molecular complexity index is 3490. The van der Waals surface area contributed by atoms with Crippen molar-refractivity contribution in [2.24, 2.45) is 0 Å². The number of para-hydroxylation sites is 3. The van der Waals surface area contributed by atoms with Crippen LogP contribution in [0.25, 0.3) is 91.9 Å². The van der Waals surface area contributed by atoms with Crippen molar-refractivity contribution in [3.05, 3.63) is 206 Å². The molecule has 3 aromatic heterocycles. The van der Waals surface area contributed by atoms with Gasteiger partial charge in [-0.05, 0) is 83.4 Å². The number of hydrogen-bond acceptors (Lipinski definition) is 3. The highest BCUT2D eigenvalue weighted by atomic mass is 32.1. The average molecular weight is 759 g/mol. The summed E-state index contributed by atoms with van der Waals surface area (Å²) < 4.78 is 11.7. The van der Waals surface area contributed by atoms with E-state index in [-0.39, 0.29) is 0 Å². The van der Waals surface area contributed by atoms with Crippen LogP contribution in [0, 0.1) is 0 Å². The normalized spacial score (nSPS) is 11.8. The fourth-order valence-corrected chi connectivity index (χ4v) is 10.2. The van der Waals surface area contributed by atoms with Crippen LogP contribution in [-0.4, -0.2) is 4.57 Å². The summed E-state index contributed by atoms with van der Waals surface area (Å²) in [5.74, 6) is 0. The molecule has 4 heteroatoms. The number of anilines is 3. The van der Waals surface area contributed by atoms with E-state index in [1.165, 1.54) is 53.3 Å². The van der Waals surface area contributed by atoms with Gasteiger partial charge in [0, 0.05) is 70.4 Å². The van der Waals surface area contributed by atoms with Crippen molar-refractivity contribution in [1.29, 1.82) is 0 Å². The van der Waals surface area contributed by atoms with E-state index in [0.717, 1.165) is 55.6 Å². The van der Waals surface area contributed by atoms with Gasteiger partial charge in [0.1, 0.15) is 11.2 Å². The summed E-state index contributed by atoms with van der Waals surface area (Å²) in [5, 5.41) is 7.24. The SMILES string of the molecule is c1ccc(-c2ccc(-c3c4c(cc5c3c3ccccc3n5-c3ccc(N(c5ccccc5)c5cccc6sc7ccccc7c56)cc3)oc3ccccc34)cc2)cc1. The van der Waals surface area contributed by atoms with E-state index in [1.54, 1.807) is 0 Å². The van der Waals surface area contributed by atoms with Crippen LogP contribution >= 0.6 is 11.3 Å². The molecule has 0 atom stereocenters. The Balaban J connectivity index is 1.08. The zero-order valence-electron chi connectivity index (χ0n) is 31.3. The number of furan rings is 1. The van der Waals surface area contributed by atoms with Crippen molar-refractivity contribution in [3.8, 4) is 27.9 Å². The minimum atomic E-state index is 0.878. The first-order valence-corrected chi connectivity index (χ1v) is 20.5. The smallest absolute Gasteiger partial charge is 0.138 e. The quantitative estimate of drug-likeness (QED) is 0.168. The second-order valence-electron chi connectivity index (χ2n) is 14.8. The second kappa shape index (κ2) is 13.1. The zero-order valence-corrected chi connectivity index (χ0v) is 32.2. The third-order valence-corrected chi connectivity index (χ3v) is 12.7. The van der Waals surface area contributed by atoms with Crippen molar-refractivity contribution < 1.29 is 4.42 Å². The highest BCUT2D eigenvalue weighted by Crippen LogP contribution is 2.48. The van der Waals surface area contributed by atoms with E-state index in [9.17, 15) is 0 Å². The molecule has 12 rings (SSSR count). The van der Waals surface area contributed by atoms with Gasteiger partial charge < -0.3 is 13.9 Å². The van der Waals surface area contributed by atoms with Gasteiger partial charge in [0.2, 0.25) is 0 Å². The predicted octanol–water partition coefficient (Wildman–Crippen LogP) is 15.9. The van der Waals surface area contributed by atoms with Crippen molar-refractivity contribution in [2.45, 2.75) is 0 Å². The molecule has 0 aliphatic heterocycles. The van der Waals surface area contributed by atoms with Gasteiger partial charge in [-0.2, -0.15) is 0 Å². The first kappa shape index (κ1) is 32.8. The van der Waals surface area contributed by atoms with Crippen LogP contribution in [0.15, 0.2) is 211 Å². The van der Waals surface area contributed by atoms with Crippen molar-refractivity contribution in [2.75, 3.05) is 4.90 Å². The van der Waals surface area contributed by atoms with Crippen molar-refractivity contribution in [1.82, 2.24) is 4.57 Å². The van der Waals surface area contributed by atoms with Crippen LogP contribution in [0.3, 0.4) is 0 Å². The van der Waals surface area contributed by atoms with E-state index < -0.39 is 0 Å². The van der Waals surface area contributed by atoms with E-state index in [0.29, 0.717) is 0 Å². The molecule has 0 amide bonds. The Hall–Kier alpha value is -7.40. The van der Waals surface area contributed by atoms with Gasteiger partial charge in [0.25, 0.3) is 0 Å². The Kier molecular flexibility index (Phi) is 7.40. The summed E-state index contributed by atoms with van der Waals surface area (Å²) in [6.45, 7) is 0. The van der Waals surface area contributed by atoms with Gasteiger partial charge in [0.15, 0.2) is 0 Å². The standard InChI is InChI=1S/C54H34N2OS/c1-3-14-35(15-4-1)36-26-28-37(29-27-36)51-53-41-18-7-10-21-44(41)56(46(53)34-48-54(51)42-19-8-11-23-47(42)57-48)40-32-30-39(31-33-40)55(38-16-5-2-6-17-38)45-22-13-25-50-52(45)43-20-9-12-24-49(43)58-50/h1-34H. The highest BCUT2D eigenvalue weighted by Gasteiger charge is 2.24. The van der Waals surface area contributed by atoms with Gasteiger partial charge in [-0.25, -0.2) is 0 Å². The third-order valence-electron chi connectivity index (χ3n) is 11.6. The zero-order chi connectivity index (χ0) is 38.2. The second-order valence-corrected chi connectivity index (χ2v) is 15.9. The van der Waals surface area contributed by atoms with E-state index >= 15 is 0 Å². The number of thiophene rings is 1. The lowest BCUT2D eigenvalue weighted by atomic mass is 9.93. The Labute approximate surface area is 338 Å². The Morgan fingerprint density at radius 1 is 0.397 bits per heavy atom. The van der Waals surface area contributed by atoms with Gasteiger partial charge in [-0.1, -0.05) is 133 Å². The molecular weight excluding hydrogens is 725 g/mol. The molecule has 0 aliphatic rings. The van der Waals surface area contributed by atoms with Crippen LogP contribution in [-0.2, 0) is 0 Å². The monoisotopic (exact) mass is 758 g/mol. The minimum Gasteiger partial charge on any atom is -0.456 e. The molecule has 272 valence electrons. The van der Waals surface area contributed by atoms with Crippen LogP contribution in [0.4, 0.5) is 17.1 Å². The molecule has 9 aromatic carbocycles. The summed E-state index contributed by atoms with van der Waals surface area (Å²) in [6, 6.07) is 74.3. The molecule has 0 aliphatic carbocycles. The number of benzene rings is 9. The molecule has 0 fully saturated rings. The lowest BCUT2D eigenvalue weighted by molar-refractivity contribution is 0.669. The topological polar surface area (TPSA) is 21.3 Å². The predicted molar refractivity (Wildman–Crippen MR) is 247 cm³/mol. The molecule has 3 heterocycles. The van der Waals surface area contributed by atoms with Crippen LogP contribution in [0.1, 0.15) is 0 Å². The molecule has 0 saturated carbocycles. The highest BCUT2D eigenvalue weighted by molar-refractivity contribution is 7.26. The lowest BCUT2D eigenvalue weighted by Gasteiger charge is -2.26. The van der Waals surface area contributed by atoms with Crippen molar-refractivity contribution >= 4 is 92.3 Å². The molecule has 3 nitrogen and oxygen atoms in total. The molecular formula is C54H34N2OS. The molecule has 12 aromatic rings. The summed E-state index contributed by atoms with van der Waals surface area (Å²) in [5.41, 5.74) is 13.2. The average Bonchev–Trinajstić information content (AvgIpc) is 3.97. The molecule has 0 unspecified atom stereocenters. The molecule has 0 radical (unpaired) electrons. The van der Waals surface area contributed by atoms with Crippen molar-refractivity contribution in [3.63, 3.8) is 0 Å². The molecule has 0 spiro atoms. The fraction of sp³-hybridized carbons (Fsp3) is 0. The lowest BCUT2D eigenvalue weighted by Crippen LogP contribution is -2.10. The third kappa shape index (κ3) is 5.05. The Morgan fingerprint density at radius 3 is 1.83 bits per heavy atom. The van der Waals surface area contributed by atoms with Crippen LogP contribution < -0.4 is 4.90 Å². The number of aromatic nitrogens is 1. The van der Waals surface area contributed by atoms with Crippen LogP contribution in [0.2, 0.25) is 0 Å². The largest absolute Gasteiger partial charge is 0.456 e.